The average molecular weight is 324 g/mol. The van der Waals surface area contributed by atoms with Crippen molar-refractivity contribution in [2.24, 2.45) is 0 Å². The normalized spacial score (nSPS) is 11.2. The van der Waals surface area contributed by atoms with Crippen molar-refractivity contribution in [2.45, 2.75) is 18.7 Å². The molecule has 0 aliphatic heterocycles. The van der Waals surface area contributed by atoms with E-state index in [9.17, 15) is 22.9 Å². The van der Waals surface area contributed by atoms with Gasteiger partial charge in [-0.05, 0) is 37.6 Å². The number of anilines is 1. The minimum Gasteiger partial charge on any atom is -0.280 e. The third kappa shape index (κ3) is 3.22. The summed E-state index contributed by atoms with van der Waals surface area (Å²) >= 11 is 0. The van der Waals surface area contributed by atoms with Crippen LogP contribution in [0.5, 0.6) is 0 Å². The van der Waals surface area contributed by atoms with Crippen LogP contribution in [0, 0.1) is 29.8 Å². The van der Waals surface area contributed by atoms with Crippen LogP contribution in [0.2, 0.25) is 0 Å². The zero-order valence-electron chi connectivity index (χ0n) is 11.8. The largest absolute Gasteiger partial charge is 0.280 e. The molecule has 0 fully saturated rings. The molecule has 0 aliphatic carbocycles. The van der Waals surface area contributed by atoms with Gasteiger partial charge in [0.2, 0.25) is 0 Å². The second kappa shape index (κ2) is 5.72. The van der Waals surface area contributed by atoms with Gasteiger partial charge in [0, 0.05) is 11.6 Å². The first-order valence-electron chi connectivity index (χ1n) is 6.25. The van der Waals surface area contributed by atoms with Gasteiger partial charge in [-0.2, -0.15) is 0 Å². The lowest BCUT2D eigenvalue weighted by Crippen LogP contribution is -2.13. The Hall–Kier alpha value is -2.48. The third-order valence-electron chi connectivity index (χ3n) is 3.11. The lowest BCUT2D eigenvalue weighted by atomic mass is 10.2. The number of aryl methyl sites for hydroxylation is 2. The van der Waals surface area contributed by atoms with E-state index in [4.69, 9.17) is 0 Å². The molecule has 0 amide bonds. The predicted molar refractivity (Wildman–Crippen MR) is 79.8 cm³/mol. The summed E-state index contributed by atoms with van der Waals surface area (Å²) in [4.78, 5) is 9.97. The molecule has 0 bridgehead atoms. The lowest BCUT2D eigenvalue weighted by Gasteiger charge is -2.09. The predicted octanol–water partition coefficient (Wildman–Crippen LogP) is 3.15. The molecule has 0 aliphatic rings. The molecule has 0 radical (unpaired) electrons. The smallest absolute Gasteiger partial charge is 0.273 e. The van der Waals surface area contributed by atoms with Crippen LogP contribution in [0.15, 0.2) is 41.3 Å². The highest BCUT2D eigenvalue weighted by Crippen LogP contribution is 2.24. The van der Waals surface area contributed by atoms with E-state index in [-0.39, 0.29) is 16.3 Å². The van der Waals surface area contributed by atoms with Crippen molar-refractivity contribution in [2.75, 3.05) is 4.72 Å². The van der Waals surface area contributed by atoms with Crippen LogP contribution in [0.4, 0.5) is 15.8 Å². The number of nitrogens with one attached hydrogen (secondary N) is 1. The molecule has 0 saturated heterocycles. The first kappa shape index (κ1) is 15.9. The van der Waals surface area contributed by atoms with Crippen molar-refractivity contribution < 1.29 is 17.7 Å². The molecule has 1 N–H and O–H groups in total. The maximum atomic E-state index is 13.5. The third-order valence-corrected chi connectivity index (χ3v) is 4.49. The van der Waals surface area contributed by atoms with E-state index < -0.39 is 20.8 Å². The molecular formula is C14H13FN2O4S. The van der Waals surface area contributed by atoms with Gasteiger partial charge in [0.25, 0.3) is 15.7 Å². The van der Waals surface area contributed by atoms with E-state index in [0.717, 1.165) is 12.1 Å². The molecule has 22 heavy (non-hydrogen) atoms. The van der Waals surface area contributed by atoms with Gasteiger partial charge in [0.05, 0.1) is 15.5 Å². The van der Waals surface area contributed by atoms with Gasteiger partial charge in [-0.25, -0.2) is 12.8 Å². The van der Waals surface area contributed by atoms with Crippen molar-refractivity contribution in [1.82, 2.24) is 0 Å². The van der Waals surface area contributed by atoms with Gasteiger partial charge >= 0.3 is 0 Å². The topological polar surface area (TPSA) is 89.3 Å². The number of hydrogen-bond acceptors (Lipinski definition) is 4. The summed E-state index contributed by atoms with van der Waals surface area (Å²) in [5, 5.41) is 10.9. The molecule has 0 unspecified atom stereocenters. The Balaban J connectivity index is 2.40. The van der Waals surface area contributed by atoms with Crippen molar-refractivity contribution >= 4 is 21.4 Å². The van der Waals surface area contributed by atoms with E-state index in [2.05, 4.69) is 4.72 Å². The Kier molecular flexibility index (Phi) is 4.14. The Labute approximate surface area is 126 Å². The van der Waals surface area contributed by atoms with E-state index >= 15 is 0 Å². The summed E-state index contributed by atoms with van der Waals surface area (Å²) in [6, 6.07) is 7.48. The molecule has 2 rings (SSSR count). The molecule has 2 aromatic rings. The SMILES string of the molecule is Cc1ccc(NS(=O)(=O)c2ccc(C)c([N+](=O)[O-])c2)cc1F. The van der Waals surface area contributed by atoms with E-state index in [1.165, 1.54) is 31.2 Å². The molecule has 8 heteroatoms. The maximum Gasteiger partial charge on any atom is 0.273 e. The Morgan fingerprint density at radius 2 is 1.73 bits per heavy atom. The Bertz CT molecular complexity index is 850. The number of benzene rings is 2. The van der Waals surface area contributed by atoms with Crippen molar-refractivity contribution in [1.29, 1.82) is 0 Å². The van der Waals surface area contributed by atoms with Crippen LogP contribution in [0.25, 0.3) is 0 Å². The number of nitro groups is 1. The minimum atomic E-state index is -4.04. The standard InChI is InChI=1S/C14H13FN2O4S/c1-9-3-5-11(7-13(9)15)16-22(20,21)12-6-4-10(2)14(8-12)17(18)19/h3-8,16H,1-2H3. The summed E-state index contributed by atoms with van der Waals surface area (Å²) in [6.07, 6.45) is 0. The number of rotatable bonds is 4. The lowest BCUT2D eigenvalue weighted by molar-refractivity contribution is -0.385. The van der Waals surface area contributed by atoms with Crippen molar-refractivity contribution in [3.63, 3.8) is 0 Å². The van der Waals surface area contributed by atoms with Crippen LogP contribution in [0.3, 0.4) is 0 Å². The van der Waals surface area contributed by atoms with Crippen molar-refractivity contribution in [3.05, 3.63) is 63.5 Å². The van der Waals surface area contributed by atoms with E-state index in [0.29, 0.717) is 11.1 Å². The number of nitrogens with zero attached hydrogens (tertiary/aromatic N) is 1. The highest BCUT2D eigenvalue weighted by molar-refractivity contribution is 7.92. The molecular weight excluding hydrogens is 311 g/mol. The fourth-order valence-corrected chi connectivity index (χ4v) is 2.89. The zero-order valence-corrected chi connectivity index (χ0v) is 12.6. The van der Waals surface area contributed by atoms with Crippen LogP contribution >= 0.6 is 0 Å². The number of nitro benzene ring substituents is 1. The Morgan fingerprint density at radius 3 is 2.32 bits per heavy atom. The van der Waals surface area contributed by atoms with Gasteiger partial charge in [-0.3, -0.25) is 14.8 Å². The molecule has 2 aromatic carbocycles. The summed E-state index contributed by atoms with van der Waals surface area (Å²) in [5.74, 6) is -0.546. The second-order valence-electron chi connectivity index (χ2n) is 4.77. The molecule has 0 aromatic heterocycles. The molecule has 0 heterocycles. The van der Waals surface area contributed by atoms with Gasteiger partial charge in [0.1, 0.15) is 5.82 Å². The quantitative estimate of drug-likeness (QED) is 0.691. The molecule has 0 spiro atoms. The minimum absolute atomic E-state index is 0.0475. The fraction of sp³-hybridized carbons (Fsp3) is 0.143. The van der Waals surface area contributed by atoms with E-state index in [1.54, 1.807) is 6.92 Å². The summed E-state index contributed by atoms with van der Waals surface area (Å²) in [7, 11) is -4.04. The van der Waals surface area contributed by atoms with Gasteiger partial charge in [0.15, 0.2) is 0 Å². The number of sulfonamides is 1. The summed E-state index contributed by atoms with van der Waals surface area (Å²) in [6.45, 7) is 3.06. The number of hydrogen-bond donors (Lipinski definition) is 1. The summed E-state index contributed by atoms with van der Waals surface area (Å²) in [5.41, 5.74) is 0.489. The Morgan fingerprint density at radius 1 is 1.09 bits per heavy atom. The average Bonchev–Trinajstić information content (AvgIpc) is 2.42. The first-order chi connectivity index (χ1) is 10.2. The maximum absolute atomic E-state index is 13.5. The monoisotopic (exact) mass is 324 g/mol. The molecule has 6 nitrogen and oxygen atoms in total. The van der Waals surface area contributed by atoms with Crippen LogP contribution in [-0.4, -0.2) is 13.3 Å². The highest BCUT2D eigenvalue weighted by atomic mass is 32.2. The van der Waals surface area contributed by atoms with E-state index in [1.807, 2.05) is 0 Å². The van der Waals surface area contributed by atoms with Crippen LogP contribution in [-0.2, 0) is 10.0 Å². The van der Waals surface area contributed by atoms with Crippen LogP contribution in [0.1, 0.15) is 11.1 Å². The summed E-state index contributed by atoms with van der Waals surface area (Å²) < 4.78 is 40.1. The second-order valence-corrected chi connectivity index (χ2v) is 6.46. The fourth-order valence-electron chi connectivity index (χ4n) is 1.82. The number of halogens is 1. The zero-order chi connectivity index (χ0) is 16.5. The molecule has 116 valence electrons. The first-order valence-corrected chi connectivity index (χ1v) is 7.73. The highest BCUT2D eigenvalue weighted by Gasteiger charge is 2.20. The molecule has 0 atom stereocenters. The van der Waals surface area contributed by atoms with Gasteiger partial charge in [-0.15, -0.1) is 0 Å². The van der Waals surface area contributed by atoms with Crippen LogP contribution < -0.4 is 4.72 Å². The van der Waals surface area contributed by atoms with Gasteiger partial charge in [-0.1, -0.05) is 12.1 Å². The van der Waals surface area contributed by atoms with Gasteiger partial charge < -0.3 is 0 Å². The molecule has 0 saturated carbocycles. The van der Waals surface area contributed by atoms with Crippen molar-refractivity contribution in [3.8, 4) is 0 Å².